The minimum absolute atomic E-state index is 0.00277. The van der Waals surface area contributed by atoms with Gasteiger partial charge in [0.2, 0.25) is 0 Å². The van der Waals surface area contributed by atoms with Crippen molar-refractivity contribution in [1.29, 1.82) is 0 Å². The number of hydrogen-bond donors (Lipinski definition) is 1. The maximum Gasteiger partial charge on any atom is 0.342 e. The average molecular weight is 395 g/mol. The van der Waals surface area contributed by atoms with Gasteiger partial charge in [-0.15, -0.1) is 0 Å². The molecule has 0 unspecified atom stereocenters. The van der Waals surface area contributed by atoms with E-state index in [4.69, 9.17) is 4.74 Å². The van der Waals surface area contributed by atoms with Gasteiger partial charge in [-0.25, -0.2) is 4.79 Å². The third kappa shape index (κ3) is 3.72. The van der Waals surface area contributed by atoms with E-state index in [1.165, 1.54) is 11.8 Å². The molecule has 0 aromatic heterocycles. The minimum atomic E-state index is -0.486. The molecular formula is C18H19BrO3S. The van der Waals surface area contributed by atoms with Crippen molar-refractivity contribution in [1.82, 2.24) is 0 Å². The monoisotopic (exact) mass is 394 g/mol. The summed E-state index contributed by atoms with van der Waals surface area (Å²) in [5.74, 6) is -0.489. The van der Waals surface area contributed by atoms with Crippen LogP contribution in [0.1, 0.15) is 34.0 Å². The standard InChI is InChI=1S/C18H19BrO3S/c1-4-22-18(21)15-11(2)14(10-19)12(3)17(16(15)20)23-13-8-6-5-7-9-13/h5-9,20H,4,10H2,1-3H3. The first-order chi connectivity index (χ1) is 11.0. The molecular weight excluding hydrogens is 376 g/mol. The largest absolute Gasteiger partial charge is 0.506 e. The molecule has 1 N–H and O–H groups in total. The van der Waals surface area contributed by atoms with Gasteiger partial charge >= 0.3 is 5.97 Å². The van der Waals surface area contributed by atoms with Crippen LogP contribution in [0.2, 0.25) is 0 Å². The van der Waals surface area contributed by atoms with Crippen molar-refractivity contribution >= 4 is 33.7 Å². The summed E-state index contributed by atoms with van der Waals surface area (Å²) in [6.45, 7) is 5.83. The van der Waals surface area contributed by atoms with E-state index in [0.717, 1.165) is 21.6 Å². The Kier molecular flexibility index (Phi) is 6.13. The molecule has 0 aliphatic heterocycles. The number of phenols is 1. The predicted octanol–water partition coefficient (Wildman–Crippen LogP) is 5.23. The van der Waals surface area contributed by atoms with Crippen molar-refractivity contribution < 1.29 is 14.6 Å². The van der Waals surface area contributed by atoms with Gasteiger partial charge in [0.05, 0.1) is 11.5 Å². The number of ether oxygens (including phenoxy) is 1. The van der Waals surface area contributed by atoms with Crippen molar-refractivity contribution in [2.24, 2.45) is 0 Å². The molecule has 3 nitrogen and oxygen atoms in total. The van der Waals surface area contributed by atoms with Gasteiger partial charge in [0.25, 0.3) is 0 Å². The summed E-state index contributed by atoms with van der Waals surface area (Å²) in [6.07, 6.45) is 0. The molecule has 0 aliphatic rings. The van der Waals surface area contributed by atoms with Crippen molar-refractivity contribution in [2.75, 3.05) is 6.61 Å². The lowest BCUT2D eigenvalue weighted by Gasteiger charge is -2.18. The minimum Gasteiger partial charge on any atom is -0.506 e. The molecule has 0 aliphatic carbocycles. The Morgan fingerprint density at radius 2 is 1.87 bits per heavy atom. The van der Waals surface area contributed by atoms with Gasteiger partial charge in [0.1, 0.15) is 11.3 Å². The van der Waals surface area contributed by atoms with E-state index in [0.29, 0.717) is 10.2 Å². The van der Waals surface area contributed by atoms with Crippen LogP contribution < -0.4 is 0 Å². The zero-order valence-electron chi connectivity index (χ0n) is 13.4. The number of carbonyl (C=O) groups excluding carboxylic acids is 1. The highest BCUT2D eigenvalue weighted by Gasteiger charge is 2.24. The highest BCUT2D eigenvalue weighted by Crippen LogP contribution is 2.43. The van der Waals surface area contributed by atoms with E-state index in [1.54, 1.807) is 6.92 Å². The highest BCUT2D eigenvalue weighted by molar-refractivity contribution is 9.08. The number of halogens is 1. The SMILES string of the molecule is CCOC(=O)c1c(C)c(CBr)c(C)c(Sc2ccccc2)c1O. The summed E-state index contributed by atoms with van der Waals surface area (Å²) >= 11 is 4.93. The van der Waals surface area contributed by atoms with Gasteiger partial charge in [0.15, 0.2) is 0 Å². The van der Waals surface area contributed by atoms with Crippen LogP contribution in [0.3, 0.4) is 0 Å². The van der Waals surface area contributed by atoms with Crippen LogP contribution in [0.15, 0.2) is 40.1 Å². The lowest BCUT2D eigenvalue weighted by molar-refractivity contribution is 0.0521. The second kappa shape index (κ2) is 7.88. The summed E-state index contributed by atoms with van der Waals surface area (Å²) in [4.78, 5) is 14.0. The fraction of sp³-hybridized carbons (Fsp3) is 0.278. The molecule has 0 spiro atoms. The van der Waals surface area contributed by atoms with Crippen molar-refractivity contribution in [2.45, 2.75) is 35.9 Å². The molecule has 5 heteroatoms. The van der Waals surface area contributed by atoms with Crippen LogP contribution in [0.4, 0.5) is 0 Å². The van der Waals surface area contributed by atoms with Gasteiger partial charge < -0.3 is 9.84 Å². The number of hydrogen-bond acceptors (Lipinski definition) is 4. The van der Waals surface area contributed by atoms with Gasteiger partial charge in [-0.1, -0.05) is 45.9 Å². The number of rotatable bonds is 5. The lowest BCUT2D eigenvalue weighted by atomic mass is 9.97. The zero-order valence-corrected chi connectivity index (χ0v) is 15.8. The Bertz CT molecular complexity index is 714. The normalized spacial score (nSPS) is 10.6. The lowest BCUT2D eigenvalue weighted by Crippen LogP contribution is -2.10. The number of phenolic OH excluding ortho intramolecular Hbond substituents is 1. The highest BCUT2D eigenvalue weighted by atomic mass is 79.9. The zero-order chi connectivity index (χ0) is 17.0. The molecule has 0 amide bonds. The van der Waals surface area contributed by atoms with Crippen LogP contribution >= 0.6 is 27.7 Å². The Morgan fingerprint density at radius 1 is 1.22 bits per heavy atom. The molecule has 0 bridgehead atoms. The third-order valence-corrected chi connectivity index (χ3v) is 5.42. The van der Waals surface area contributed by atoms with E-state index < -0.39 is 5.97 Å². The van der Waals surface area contributed by atoms with Crippen LogP contribution in [-0.2, 0) is 10.1 Å². The Balaban J connectivity index is 2.61. The second-order valence-electron chi connectivity index (χ2n) is 5.05. The molecule has 2 aromatic rings. The summed E-state index contributed by atoms with van der Waals surface area (Å²) in [5.41, 5.74) is 2.99. The fourth-order valence-electron chi connectivity index (χ4n) is 2.42. The first kappa shape index (κ1) is 17.9. The van der Waals surface area contributed by atoms with E-state index in [2.05, 4.69) is 15.9 Å². The van der Waals surface area contributed by atoms with Crippen molar-refractivity contribution in [3.05, 3.63) is 52.6 Å². The number of aromatic hydroxyl groups is 1. The third-order valence-electron chi connectivity index (χ3n) is 3.65. The number of carbonyl (C=O) groups is 1. The molecule has 0 heterocycles. The molecule has 122 valence electrons. The van der Waals surface area contributed by atoms with Gasteiger partial charge in [-0.05, 0) is 49.6 Å². The van der Waals surface area contributed by atoms with Gasteiger partial charge in [0, 0.05) is 10.2 Å². The molecule has 0 radical (unpaired) electrons. The topological polar surface area (TPSA) is 46.5 Å². The average Bonchev–Trinajstić information content (AvgIpc) is 2.53. The van der Waals surface area contributed by atoms with Crippen molar-refractivity contribution in [3.8, 4) is 5.75 Å². The Hall–Kier alpha value is -1.46. The summed E-state index contributed by atoms with van der Waals surface area (Å²) in [6, 6.07) is 9.78. The van der Waals surface area contributed by atoms with Crippen LogP contribution in [0.5, 0.6) is 5.75 Å². The smallest absolute Gasteiger partial charge is 0.342 e. The predicted molar refractivity (Wildman–Crippen MR) is 96.7 cm³/mol. The molecule has 0 atom stereocenters. The van der Waals surface area contributed by atoms with E-state index in [1.807, 2.05) is 44.2 Å². The Labute approximate surface area is 149 Å². The molecule has 0 saturated carbocycles. The van der Waals surface area contributed by atoms with Crippen molar-refractivity contribution in [3.63, 3.8) is 0 Å². The van der Waals surface area contributed by atoms with E-state index in [-0.39, 0.29) is 17.9 Å². The summed E-state index contributed by atoms with van der Waals surface area (Å²) < 4.78 is 5.11. The van der Waals surface area contributed by atoms with E-state index >= 15 is 0 Å². The number of esters is 1. The number of alkyl halides is 1. The quantitative estimate of drug-likeness (QED) is 0.556. The molecule has 2 rings (SSSR count). The van der Waals surface area contributed by atoms with Crippen LogP contribution in [0.25, 0.3) is 0 Å². The molecule has 0 saturated heterocycles. The number of benzene rings is 2. The molecule has 23 heavy (non-hydrogen) atoms. The molecule has 2 aromatic carbocycles. The Morgan fingerprint density at radius 3 is 2.43 bits per heavy atom. The van der Waals surface area contributed by atoms with Crippen LogP contribution in [-0.4, -0.2) is 17.7 Å². The second-order valence-corrected chi connectivity index (χ2v) is 6.70. The summed E-state index contributed by atoms with van der Waals surface area (Å²) in [7, 11) is 0. The first-order valence-electron chi connectivity index (χ1n) is 7.32. The van der Waals surface area contributed by atoms with Crippen LogP contribution in [0, 0.1) is 13.8 Å². The maximum atomic E-state index is 12.3. The maximum absolute atomic E-state index is 12.3. The first-order valence-corrected chi connectivity index (χ1v) is 9.26. The fourth-order valence-corrected chi connectivity index (χ4v) is 4.27. The molecule has 0 fully saturated rings. The van der Waals surface area contributed by atoms with Gasteiger partial charge in [-0.3, -0.25) is 0 Å². The van der Waals surface area contributed by atoms with Gasteiger partial charge in [-0.2, -0.15) is 0 Å². The van der Waals surface area contributed by atoms with E-state index in [9.17, 15) is 9.90 Å². The summed E-state index contributed by atoms with van der Waals surface area (Å²) in [5, 5.41) is 11.3.